The summed E-state index contributed by atoms with van der Waals surface area (Å²) in [6, 6.07) is 6.79. The van der Waals surface area contributed by atoms with Gasteiger partial charge < -0.3 is 10.2 Å². The molecule has 1 saturated heterocycles. The maximum atomic E-state index is 13.6. The van der Waals surface area contributed by atoms with E-state index in [-0.39, 0.29) is 23.6 Å². The molecule has 18 heavy (non-hydrogen) atoms. The minimum absolute atomic E-state index is 0.000000000000000222. The predicted octanol–water partition coefficient (Wildman–Crippen LogP) is 1.36. The normalized spacial score (nSPS) is 27.1. The molecule has 0 spiro atoms. The van der Waals surface area contributed by atoms with Crippen LogP contribution in [0, 0.1) is 11.7 Å². The Labute approximate surface area is 106 Å². The number of benzene rings is 1. The molecule has 0 aromatic heterocycles. The lowest BCUT2D eigenvalue weighted by molar-refractivity contribution is -0.133. The third-order valence-corrected chi connectivity index (χ3v) is 3.84. The summed E-state index contributed by atoms with van der Waals surface area (Å²) in [4.78, 5) is 14.1. The fourth-order valence-electron chi connectivity index (χ4n) is 2.71. The van der Waals surface area contributed by atoms with E-state index in [0.717, 1.165) is 32.6 Å². The molecule has 3 rings (SSSR count). The third kappa shape index (κ3) is 2.12. The lowest BCUT2D eigenvalue weighted by Gasteiger charge is -2.27. The Hall–Kier alpha value is -1.42. The highest BCUT2D eigenvalue weighted by Crippen LogP contribution is 2.49. The summed E-state index contributed by atoms with van der Waals surface area (Å²) in [5.74, 6) is 0.108. The van der Waals surface area contributed by atoms with E-state index >= 15 is 0 Å². The average molecular weight is 248 g/mol. The maximum absolute atomic E-state index is 13.6. The Morgan fingerprint density at radius 3 is 2.72 bits per heavy atom. The number of rotatable bonds is 2. The number of hydrogen-bond donors (Lipinski definition) is 1. The molecule has 0 unspecified atom stereocenters. The van der Waals surface area contributed by atoms with Gasteiger partial charge in [-0.05, 0) is 24.0 Å². The molecule has 0 radical (unpaired) electrons. The highest BCUT2D eigenvalue weighted by atomic mass is 19.1. The molecule has 4 heteroatoms. The SMILES string of the molecule is O=C([C@@H]1C[C@H]1c1ccccc1F)N1CCNCC1. The van der Waals surface area contributed by atoms with Crippen molar-refractivity contribution in [2.75, 3.05) is 26.2 Å². The van der Waals surface area contributed by atoms with Crippen LogP contribution in [0.1, 0.15) is 17.9 Å². The molecule has 1 saturated carbocycles. The standard InChI is InChI=1S/C14H17FN2O/c15-13-4-2-1-3-10(13)11-9-12(11)14(18)17-7-5-16-6-8-17/h1-4,11-12,16H,5-9H2/t11-,12+/m0/s1. The summed E-state index contributed by atoms with van der Waals surface area (Å²) in [5, 5.41) is 3.23. The van der Waals surface area contributed by atoms with E-state index < -0.39 is 0 Å². The van der Waals surface area contributed by atoms with E-state index in [0.29, 0.717) is 5.56 Å². The molecule has 1 aromatic carbocycles. The largest absolute Gasteiger partial charge is 0.340 e. The second-order valence-corrected chi connectivity index (χ2v) is 5.05. The highest BCUT2D eigenvalue weighted by molar-refractivity contribution is 5.83. The molecular weight excluding hydrogens is 231 g/mol. The van der Waals surface area contributed by atoms with Crippen LogP contribution in [0.15, 0.2) is 24.3 Å². The van der Waals surface area contributed by atoms with Gasteiger partial charge in [0.15, 0.2) is 0 Å². The first-order valence-corrected chi connectivity index (χ1v) is 6.51. The molecule has 3 nitrogen and oxygen atoms in total. The van der Waals surface area contributed by atoms with Crippen LogP contribution in [-0.2, 0) is 4.79 Å². The van der Waals surface area contributed by atoms with Crippen molar-refractivity contribution in [3.05, 3.63) is 35.6 Å². The van der Waals surface area contributed by atoms with Gasteiger partial charge in [0.25, 0.3) is 0 Å². The monoisotopic (exact) mass is 248 g/mol. The molecule has 1 N–H and O–H groups in total. The quantitative estimate of drug-likeness (QED) is 0.857. The third-order valence-electron chi connectivity index (χ3n) is 3.84. The van der Waals surface area contributed by atoms with Gasteiger partial charge in [-0.15, -0.1) is 0 Å². The van der Waals surface area contributed by atoms with Crippen LogP contribution < -0.4 is 5.32 Å². The number of carbonyl (C=O) groups is 1. The number of amides is 1. The van der Waals surface area contributed by atoms with Crippen molar-refractivity contribution >= 4 is 5.91 Å². The zero-order valence-electron chi connectivity index (χ0n) is 10.2. The number of nitrogens with zero attached hydrogens (tertiary/aromatic N) is 1. The van der Waals surface area contributed by atoms with Crippen LogP contribution in [0.25, 0.3) is 0 Å². The van der Waals surface area contributed by atoms with Gasteiger partial charge in [-0.25, -0.2) is 4.39 Å². The summed E-state index contributed by atoms with van der Waals surface area (Å²) in [5.41, 5.74) is 0.700. The van der Waals surface area contributed by atoms with Gasteiger partial charge in [-0.3, -0.25) is 4.79 Å². The summed E-state index contributed by atoms with van der Waals surface area (Å²) in [6.45, 7) is 3.28. The Morgan fingerprint density at radius 1 is 1.28 bits per heavy atom. The molecule has 0 bridgehead atoms. The first kappa shape index (κ1) is 11.7. The van der Waals surface area contributed by atoms with Crippen LogP contribution in [0.4, 0.5) is 4.39 Å². The van der Waals surface area contributed by atoms with Crippen molar-refractivity contribution in [1.82, 2.24) is 10.2 Å². The number of halogens is 1. The number of hydrogen-bond acceptors (Lipinski definition) is 2. The van der Waals surface area contributed by atoms with Crippen molar-refractivity contribution < 1.29 is 9.18 Å². The molecule has 96 valence electrons. The van der Waals surface area contributed by atoms with Crippen LogP contribution >= 0.6 is 0 Å². The zero-order valence-corrected chi connectivity index (χ0v) is 10.2. The molecule has 2 fully saturated rings. The minimum atomic E-state index is -0.182. The number of piperazine rings is 1. The second kappa shape index (κ2) is 4.69. The smallest absolute Gasteiger partial charge is 0.226 e. The van der Waals surface area contributed by atoms with E-state index in [1.165, 1.54) is 6.07 Å². The van der Waals surface area contributed by atoms with Gasteiger partial charge in [0, 0.05) is 32.1 Å². The van der Waals surface area contributed by atoms with Crippen molar-refractivity contribution in [2.45, 2.75) is 12.3 Å². The molecule has 1 amide bonds. The van der Waals surface area contributed by atoms with Gasteiger partial charge in [-0.1, -0.05) is 18.2 Å². The topological polar surface area (TPSA) is 32.3 Å². The second-order valence-electron chi connectivity index (χ2n) is 5.05. The predicted molar refractivity (Wildman–Crippen MR) is 66.7 cm³/mol. The highest BCUT2D eigenvalue weighted by Gasteiger charge is 2.46. The summed E-state index contributed by atoms with van der Waals surface area (Å²) in [7, 11) is 0. The summed E-state index contributed by atoms with van der Waals surface area (Å²) >= 11 is 0. The van der Waals surface area contributed by atoms with Crippen LogP contribution in [0.5, 0.6) is 0 Å². The lowest BCUT2D eigenvalue weighted by atomic mass is 10.1. The van der Waals surface area contributed by atoms with Crippen molar-refractivity contribution in [3.63, 3.8) is 0 Å². The molecule has 1 aliphatic heterocycles. The first-order chi connectivity index (χ1) is 8.77. The van der Waals surface area contributed by atoms with Gasteiger partial charge in [0.1, 0.15) is 5.82 Å². The minimum Gasteiger partial charge on any atom is -0.340 e. The van der Waals surface area contributed by atoms with Gasteiger partial charge >= 0.3 is 0 Å². The van der Waals surface area contributed by atoms with E-state index in [1.807, 2.05) is 11.0 Å². The number of nitrogens with one attached hydrogen (secondary N) is 1. The van der Waals surface area contributed by atoms with Crippen molar-refractivity contribution in [3.8, 4) is 0 Å². The fourth-order valence-corrected chi connectivity index (χ4v) is 2.71. The maximum Gasteiger partial charge on any atom is 0.226 e. The van der Waals surface area contributed by atoms with Crippen LogP contribution in [-0.4, -0.2) is 37.0 Å². The Kier molecular flexibility index (Phi) is 3.04. The molecule has 1 heterocycles. The molecule has 2 atom stereocenters. The lowest BCUT2D eigenvalue weighted by Crippen LogP contribution is -2.47. The molecule has 1 aliphatic carbocycles. The van der Waals surface area contributed by atoms with Gasteiger partial charge in [-0.2, -0.15) is 0 Å². The summed E-state index contributed by atoms with van der Waals surface area (Å²) in [6.07, 6.45) is 0.795. The van der Waals surface area contributed by atoms with Crippen molar-refractivity contribution in [2.24, 2.45) is 5.92 Å². The van der Waals surface area contributed by atoms with E-state index in [1.54, 1.807) is 12.1 Å². The average Bonchev–Trinajstić information content (AvgIpc) is 3.20. The van der Waals surface area contributed by atoms with Crippen LogP contribution in [0.2, 0.25) is 0 Å². The van der Waals surface area contributed by atoms with E-state index in [4.69, 9.17) is 0 Å². The van der Waals surface area contributed by atoms with Crippen LogP contribution in [0.3, 0.4) is 0 Å². The zero-order chi connectivity index (χ0) is 12.5. The summed E-state index contributed by atoms with van der Waals surface area (Å²) < 4.78 is 13.6. The van der Waals surface area contributed by atoms with E-state index in [9.17, 15) is 9.18 Å². The molecule has 1 aromatic rings. The number of carbonyl (C=O) groups excluding carboxylic acids is 1. The first-order valence-electron chi connectivity index (χ1n) is 6.51. The van der Waals surface area contributed by atoms with Crippen molar-refractivity contribution in [1.29, 1.82) is 0 Å². The molecule has 2 aliphatic rings. The fraction of sp³-hybridized carbons (Fsp3) is 0.500. The van der Waals surface area contributed by atoms with Gasteiger partial charge in [0.05, 0.1) is 0 Å². The Bertz CT molecular complexity index is 457. The Balaban J connectivity index is 1.67. The Morgan fingerprint density at radius 2 is 2.00 bits per heavy atom. The molecular formula is C14H17FN2O. The van der Waals surface area contributed by atoms with Gasteiger partial charge in [0.2, 0.25) is 5.91 Å². The van der Waals surface area contributed by atoms with E-state index in [2.05, 4.69) is 5.32 Å².